The Balaban J connectivity index is -0.000000141. The molecule has 0 saturated carbocycles. The first kappa shape index (κ1) is 17.2. The molecule has 0 radical (unpaired) electrons. The van der Waals surface area contributed by atoms with Gasteiger partial charge in [0.15, 0.2) is 0 Å². The molecule has 0 aliphatic heterocycles. The molecule has 5 N–H and O–H groups in total. The van der Waals surface area contributed by atoms with E-state index < -0.39 is 0 Å². The van der Waals surface area contributed by atoms with Crippen LogP contribution in [0.15, 0.2) is 0 Å². The Morgan fingerprint density at radius 3 is 2.13 bits per heavy atom. The molecule has 0 spiro atoms. The average molecular weight is 225 g/mol. The molecule has 0 aromatic rings. The van der Waals surface area contributed by atoms with Crippen molar-refractivity contribution in [2.75, 3.05) is 26.7 Å². The van der Waals surface area contributed by atoms with Crippen molar-refractivity contribution in [2.24, 2.45) is 5.73 Å². The van der Waals surface area contributed by atoms with Gasteiger partial charge in [-0.25, -0.2) is 5.01 Å². The van der Waals surface area contributed by atoms with Gasteiger partial charge in [-0.15, -0.1) is 0 Å². The van der Waals surface area contributed by atoms with Crippen molar-refractivity contribution in [3.05, 3.63) is 0 Å². The monoisotopic (exact) mass is 225 g/mol. The molecule has 0 aromatic heterocycles. The molecule has 0 heterocycles. The molecule has 0 aliphatic carbocycles. The van der Waals surface area contributed by atoms with E-state index in [0.717, 1.165) is 19.6 Å². The third-order valence-electron chi connectivity index (χ3n) is 2.49. The second-order valence-electron chi connectivity index (χ2n) is 3.83. The highest BCUT2D eigenvalue weighted by Crippen LogP contribution is 2.03. The molecule has 4 nitrogen and oxygen atoms in total. The minimum atomic E-state index is 0. The zero-order valence-electron chi connectivity index (χ0n) is 10.4. The fourth-order valence-corrected chi connectivity index (χ4v) is 1.36. The minimum absolute atomic E-state index is 0. The van der Waals surface area contributed by atoms with Gasteiger partial charge >= 0.3 is 0 Å². The van der Waals surface area contributed by atoms with Gasteiger partial charge < -0.3 is 11.2 Å². The number of nitrogens with two attached hydrogens (primary N) is 1. The van der Waals surface area contributed by atoms with Crippen LogP contribution in [0.3, 0.4) is 0 Å². The summed E-state index contributed by atoms with van der Waals surface area (Å²) in [5.41, 5.74) is 8.77. The Morgan fingerprint density at radius 1 is 1.07 bits per heavy atom. The third kappa shape index (κ3) is 13.8. The lowest BCUT2D eigenvalue weighted by atomic mass is 10.1. The fourth-order valence-electron chi connectivity index (χ4n) is 1.36. The third-order valence-corrected chi connectivity index (χ3v) is 2.49. The van der Waals surface area contributed by atoms with Gasteiger partial charge in [-0.2, -0.15) is 0 Å². The van der Waals surface area contributed by atoms with Crippen molar-refractivity contribution in [1.29, 1.82) is 0 Å². The molecule has 0 unspecified atom stereocenters. The number of hydrogen-bond donors (Lipinski definition) is 2. The van der Waals surface area contributed by atoms with Crippen molar-refractivity contribution in [3.8, 4) is 0 Å². The predicted octanol–water partition coefficient (Wildman–Crippen LogP) is 1.66. The van der Waals surface area contributed by atoms with Crippen LogP contribution in [0.5, 0.6) is 0 Å². The summed E-state index contributed by atoms with van der Waals surface area (Å²) < 4.78 is 0. The van der Waals surface area contributed by atoms with Crippen LogP contribution < -0.4 is 11.2 Å². The van der Waals surface area contributed by atoms with Gasteiger partial charge in [-0.3, -0.25) is 5.43 Å². The Kier molecular flexibility index (Phi) is 15.9. The van der Waals surface area contributed by atoms with Crippen molar-refractivity contribution in [2.45, 2.75) is 45.4 Å². The van der Waals surface area contributed by atoms with Crippen LogP contribution >= 0.6 is 0 Å². The van der Waals surface area contributed by atoms with Crippen molar-refractivity contribution in [1.82, 2.24) is 10.4 Å². The Labute approximate surface area is 98.9 Å². The van der Waals surface area contributed by atoms with Crippen molar-refractivity contribution in [3.63, 3.8) is 0 Å². The molecule has 15 heavy (non-hydrogen) atoms. The van der Waals surface area contributed by atoms with E-state index >= 15 is 0 Å². The predicted molar refractivity (Wildman–Crippen MR) is 73.0 cm³/mol. The molecular formula is C11H35N3O. The number of nitrogens with zero attached hydrogens (tertiary/aromatic N) is 1. The largest absolute Gasteiger partial charge is 0.412 e. The molecule has 100 valence electrons. The summed E-state index contributed by atoms with van der Waals surface area (Å²) in [6.45, 7) is 5.18. The van der Waals surface area contributed by atoms with Gasteiger partial charge in [0, 0.05) is 24.4 Å². The van der Waals surface area contributed by atoms with E-state index in [1.54, 1.807) is 0 Å². The molecule has 0 bridgehead atoms. The Morgan fingerprint density at radius 2 is 1.60 bits per heavy atom. The molecule has 4 heteroatoms. The average Bonchev–Trinajstić information content (AvgIpc) is 2.21. The number of rotatable bonds is 10. The molecule has 0 amide bonds. The summed E-state index contributed by atoms with van der Waals surface area (Å²) in [5, 5.41) is 2.13. The normalized spacial score (nSPS) is 10.4. The quantitative estimate of drug-likeness (QED) is 0.439. The lowest BCUT2D eigenvalue weighted by molar-refractivity contribution is 0.245. The fraction of sp³-hybridized carbons (Fsp3) is 1.00. The smallest absolute Gasteiger partial charge is 0.0102 e. The van der Waals surface area contributed by atoms with Gasteiger partial charge in [0.1, 0.15) is 0 Å². The van der Waals surface area contributed by atoms with E-state index in [2.05, 4.69) is 24.4 Å². The van der Waals surface area contributed by atoms with Gasteiger partial charge in [-0.05, 0) is 19.4 Å². The molecule has 0 aliphatic rings. The van der Waals surface area contributed by atoms with E-state index in [-0.39, 0.29) is 9.76 Å². The van der Waals surface area contributed by atoms with Gasteiger partial charge in [0.2, 0.25) is 0 Å². The maximum absolute atomic E-state index is 5.42. The van der Waals surface area contributed by atoms with Crippen LogP contribution in [-0.2, 0) is 0 Å². The van der Waals surface area contributed by atoms with Gasteiger partial charge in [-0.1, -0.05) is 32.6 Å². The van der Waals surface area contributed by atoms with Crippen LogP contribution in [0, 0.1) is 0 Å². The second-order valence-corrected chi connectivity index (χ2v) is 3.83. The number of nitrogens with one attached hydrogen (secondary N) is 1. The number of unbranched alkanes of at least 4 members (excludes halogenated alkanes) is 5. The first-order valence-electron chi connectivity index (χ1n) is 5.96. The maximum Gasteiger partial charge on any atom is 0.0102 e. The second kappa shape index (κ2) is 13.8. The van der Waals surface area contributed by atoms with Gasteiger partial charge in [0.05, 0.1) is 0 Å². The lowest BCUT2D eigenvalue weighted by Gasteiger charge is -2.15. The highest BCUT2D eigenvalue weighted by molar-refractivity contribution is 4.48. The summed E-state index contributed by atoms with van der Waals surface area (Å²) in [6.07, 6.45) is 7.83. The van der Waals surface area contributed by atoms with E-state index in [1.165, 1.54) is 38.5 Å². The van der Waals surface area contributed by atoms with Crippen LogP contribution in [-0.4, -0.2) is 37.2 Å². The van der Waals surface area contributed by atoms with Crippen LogP contribution in [0.25, 0.3) is 0 Å². The van der Waals surface area contributed by atoms with E-state index in [4.69, 9.17) is 5.73 Å². The standard InChI is InChI=1S/C11H27N3.H2O.3H2/c1-3-14(2)13-11-9-7-5-4-6-8-10-12;;;;/h13H,3-12H2,1-2H3;1H2;3*1H. The van der Waals surface area contributed by atoms with Crippen molar-refractivity contribution < 1.29 is 9.76 Å². The van der Waals surface area contributed by atoms with Gasteiger partial charge in [0.25, 0.3) is 0 Å². The molecule has 0 atom stereocenters. The number of hydrazine groups is 1. The summed E-state index contributed by atoms with van der Waals surface area (Å²) in [5.74, 6) is 0. The zero-order chi connectivity index (χ0) is 10.6. The zero-order valence-corrected chi connectivity index (χ0v) is 10.4. The molecule has 0 fully saturated rings. The summed E-state index contributed by atoms with van der Waals surface area (Å²) in [6, 6.07) is 0. The number of hydrogen-bond acceptors (Lipinski definition) is 3. The molecular weight excluding hydrogens is 190 g/mol. The van der Waals surface area contributed by atoms with Crippen LogP contribution in [0.1, 0.15) is 49.7 Å². The maximum atomic E-state index is 5.42. The van der Waals surface area contributed by atoms with Crippen molar-refractivity contribution >= 4 is 0 Å². The van der Waals surface area contributed by atoms with Crippen LogP contribution in [0.4, 0.5) is 0 Å². The summed E-state index contributed by atoms with van der Waals surface area (Å²) in [4.78, 5) is 0. The van der Waals surface area contributed by atoms with E-state index in [0.29, 0.717) is 0 Å². The SMILES string of the molecule is CCN(C)NCCCCCCCCN.O.[HH].[HH].[HH]. The minimum Gasteiger partial charge on any atom is -0.412 e. The van der Waals surface area contributed by atoms with E-state index in [9.17, 15) is 0 Å². The van der Waals surface area contributed by atoms with E-state index in [1.807, 2.05) is 0 Å². The Hall–Kier alpha value is -0.160. The summed E-state index contributed by atoms with van der Waals surface area (Å²) >= 11 is 0. The molecule has 0 saturated heterocycles. The Bertz CT molecular complexity index is 124. The highest BCUT2D eigenvalue weighted by atomic mass is 16.0. The lowest BCUT2D eigenvalue weighted by Crippen LogP contribution is -2.34. The molecule has 0 rings (SSSR count). The first-order valence-corrected chi connectivity index (χ1v) is 5.96. The molecule has 0 aromatic carbocycles. The topological polar surface area (TPSA) is 72.8 Å². The summed E-state index contributed by atoms with van der Waals surface area (Å²) in [7, 11) is 2.08. The highest BCUT2D eigenvalue weighted by Gasteiger charge is 1.93. The first-order chi connectivity index (χ1) is 6.81. The van der Waals surface area contributed by atoms with Crippen LogP contribution in [0.2, 0.25) is 0 Å².